The highest BCUT2D eigenvalue weighted by Gasteiger charge is 2.08. The van der Waals surface area contributed by atoms with Gasteiger partial charge in [0.2, 0.25) is 5.91 Å². The van der Waals surface area contributed by atoms with Gasteiger partial charge in [0, 0.05) is 38.7 Å². The third kappa shape index (κ3) is 4.99. The summed E-state index contributed by atoms with van der Waals surface area (Å²) < 4.78 is 3.16. The number of benzene rings is 3. The monoisotopic (exact) mass is 479 g/mol. The molecular weight excluding hydrogens is 462 g/mol. The second-order valence-corrected chi connectivity index (χ2v) is 8.30. The topological polar surface area (TPSA) is 46.4 Å². The molecule has 4 aromatic rings. The SMILES string of the molecule is O=C(Cc1ccc(Br)cc1)N/N=C\c1cn(Cc2ccc(Cl)cc2)c2ccccc12. The number of carbonyl (C=O) groups is 1. The Bertz CT molecular complexity index is 1200. The number of carbonyl (C=O) groups excluding carboxylic acids is 1. The van der Waals surface area contributed by atoms with Gasteiger partial charge in [0.1, 0.15) is 0 Å². The molecule has 30 heavy (non-hydrogen) atoms. The number of fused-ring (bicyclic) bond motifs is 1. The predicted octanol–water partition coefficient (Wildman–Crippen LogP) is 5.80. The molecule has 6 heteroatoms. The lowest BCUT2D eigenvalue weighted by Gasteiger charge is -2.05. The maximum atomic E-state index is 12.2. The molecule has 0 atom stereocenters. The molecule has 0 fully saturated rings. The average Bonchev–Trinajstić information content (AvgIpc) is 3.09. The molecule has 0 unspecified atom stereocenters. The average molecular weight is 481 g/mol. The first-order chi connectivity index (χ1) is 14.6. The van der Waals surface area contributed by atoms with Crippen LogP contribution >= 0.6 is 27.5 Å². The zero-order valence-corrected chi connectivity index (χ0v) is 18.4. The number of para-hydroxylation sites is 1. The Labute approximate surface area is 188 Å². The highest BCUT2D eigenvalue weighted by atomic mass is 79.9. The molecule has 3 aromatic carbocycles. The molecule has 1 amide bonds. The second kappa shape index (κ2) is 9.28. The Kier molecular flexibility index (Phi) is 6.31. The fourth-order valence-electron chi connectivity index (χ4n) is 3.30. The van der Waals surface area contributed by atoms with E-state index in [2.05, 4.69) is 43.2 Å². The number of nitrogens with one attached hydrogen (secondary N) is 1. The van der Waals surface area contributed by atoms with Gasteiger partial charge in [0.05, 0.1) is 12.6 Å². The second-order valence-electron chi connectivity index (χ2n) is 6.95. The van der Waals surface area contributed by atoms with E-state index in [9.17, 15) is 4.79 Å². The van der Waals surface area contributed by atoms with E-state index >= 15 is 0 Å². The first kappa shape index (κ1) is 20.4. The molecular formula is C24H19BrClN3O. The van der Waals surface area contributed by atoms with Crippen molar-refractivity contribution >= 4 is 50.6 Å². The molecule has 4 nitrogen and oxygen atoms in total. The number of nitrogens with zero attached hydrogens (tertiary/aromatic N) is 2. The summed E-state index contributed by atoms with van der Waals surface area (Å²) in [4.78, 5) is 12.2. The van der Waals surface area contributed by atoms with Crippen LogP contribution in [-0.2, 0) is 17.8 Å². The molecule has 0 bridgehead atoms. The zero-order valence-electron chi connectivity index (χ0n) is 16.1. The van der Waals surface area contributed by atoms with E-state index in [4.69, 9.17) is 11.6 Å². The summed E-state index contributed by atoms with van der Waals surface area (Å²) in [5, 5.41) is 5.98. The van der Waals surface area contributed by atoms with Crippen LogP contribution in [0.2, 0.25) is 5.02 Å². The van der Waals surface area contributed by atoms with E-state index in [0.29, 0.717) is 0 Å². The van der Waals surface area contributed by atoms with Crippen molar-refractivity contribution in [1.29, 1.82) is 0 Å². The van der Waals surface area contributed by atoms with Crippen LogP contribution in [0, 0.1) is 0 Å². The number of hydrogen-bond acceptors (Lipinski definition) is 2. The van der Waals surface area contributed by atoms with E-state index in [-0.39, 0.29) is 12.3 Å². The van der Waals surface area contributed by atoms with E-state index in [1.165, 1.54) is 0 Å². The van der Waals surface area contributed by atoms with E-state index in [1.54, 1.807) is 6.21 Å². The van der Waals surface area contributed by atoms with Gasteiger partial charge in [-0.2, -0.15) is 5.10 Å². The summed E-state index contributed by atoms with van der Waals surface area (Å²) in [7, 11) is 0. The van der Waals surface area contributed by atoms with Gasteiger partial charge in [0.25, 0.3) is 0 Å². The Morgan fingerprint density at radius 2 is 1.70 bits per heavy atom. The van der Waals surface area contributed by atoms with Crippen molar-refractivity contribution in [3.63, 3.8) is 0 Å². The Morgan fingerprint density at radius 3 is 2.47 bits per heavy atom. The van der Waals surface area contributed by atoms with Gasteiger partial charge >= 0.3 is 0 Å². The maximum absolute atomic E-state index is 12.2. The minimum atomic E-state index is -0.154. The molecule has 0 saturated carbocycles. The Balaban J connectivity index is 1.49. The van der Waals surface area contributed by atoms with Crippen LogP contribution in [0.25, 0.3) is 10.9 Å². The number of amides is 1. The first-order valence-corrected chi connectivity index (χ1v) is 10.6. The van der Waals surface area contributed by atoms with Crippen molar-refractivity contribution in [2.75, 3.05) is 0 Å². The van der Waals surface area contributed by atoms with Crippen LogP contribution in [0.15, 0.2) is 88.6 Å². The van der Waals surface area contributed by atoms with Crippen LogP contribution in [0.4, 0.5) is 0 Å². The third-order valence-corrected chi connectivity index (χ3v) is 5.54. The lowest BCUT2D eigenvalue weighted by molar-refractivity contribution is -0.120. The number of halogens is 2. The summed E-state index contributed by atoms with van der Waals surface area (Å²) in [6.45, 7) is 0.724. The van der Waals surface area contributed by atoms with Gasteiger partial charge in [0.15, 0.2) is 0 Å². The molecule has 0 saturated heterocycles. The lowest BCUT2D eigenvalue weighted by atomic mass is 10.1. The Hall–Kier alpha value is -2.89. The highest BCUT2D eigenvalue weighted by molar-refractivity contribution is 9.10. The van der Waals surface area contributed by atoms with Gasteiger partial charge < -0.3 is 4.57 Å². The van der Waals surface area contributed by atoms with Crippen LogP contribution in [0.1, 0.15) is 16.7 Å². The highest BCUT2D eigenvalue weighted by Crippen LogP contribution is 2.22. The van der Waals surface area contributed by atoms with Gasteiger partial charge in [-0.05, 0) is 41.5 Å². The maximum Gasteiger partial charge on any atom is 0.244 e. The minimum absolute atomic E-state index is 0.154. The van der Waals surface area contributed by atoms with Crippen molar-refractivity contribution in [3.8, 4) is 0 Å². The summed E-state index contributed by atoms with van der Waals surface area (Å²) in [6.07, 6.45) is 4.02. The van der Waals surface area contributed by atoms with E-state index in [1.807, 2.05) is 66.9 Å². The van der Waals surface area contributed by atoms with Crippen LogP contribution < -0.4 is 5.43 Å². The molecule has 0 aliphatic rings. The lowest BCUT2D eigenvalue weighted by Crippen LogP contribution is -2.19. The zero-order chi connectivity index (χ0) is 20.9. The number of hydrazone groups is 1. The van der Waals surface area contributed by atoms with E-state index in [0.717, 1.165) is 43.6 Å². The largest absolute Gasteiger partial charge is 0.342 e. The number of rotatable bonds is 6. The quantitative estimate of drug-likeness (QED) is 0.275. The van der Waals surface area contributed by atoms with Crippen molar-refractivity contribution in [2.45, 2.75) is 13.0 Å². The van der Waals surface area contributed by atoms with Crippen molar-refractivity contribution < 1.29 is 4.79 Å². The van der Waals surface area contributed by atoms with Crippen LogP contribution in [0.5, 0.6) is 0 Å². The normalized spacial score (nSPS) is 11.3. The molecule has 4 rings (SSSR count). The minimum Gasteiger partial charge on any atom is -0.342 e. The summed E-state index contributed by atoms with van der Waals surface area (Å²) in [5.74, 6) is -0.154. The molecule has 0 radical (unpaired) electrons. The van der Waals surface area contributed by atoms with Gasteiger partial charge in [-0.25, -0.2) is 5.43 Å². The molecule has 0 aliphatic carbocycles. The van der Waals surface area contributed by atoms with Crippen molar-refractivity contribution in [3.05, 3.63) is 105 Å². The molecule has 0 spiro atoms. The summed E-state index contributed by atoms with van der Waals surface area (Å²) >= 11 is 9.39. The summed E-state index contributed by atoms with van der Waals surface area (Å²) in [6, 6.07) is 23.6. The van der Waals surface area contributed by atoms with Crippen molar-refractivity contribution in [2.24, 2.45) is 5.10 Å². The predicted molar refractivity (Wildman–Crippen MR) is 126 cm³/mol. The molecule has 1 N–H and O–H groups in total. The standard InChI is InChI=1S/C24H19BrClN3O/c25-20-9-5-17(6-10-20)13-24(30)28-27-14-19-16-29(23-4-2-1-3-22(19)23)15-18-7-11-21(26)12-8-18/h1-12,14,16H,13,15H2,(H,28,30)/b27-14-. The third-order valence-electron chi connectivity index (χ3n) is 4.76. The number of hydrogen-bond donors (Lipinski definition) is 1. The fourth-order valence-corrected chi connectivity index (χ4v) is 3.69. The van der Waals surface area contributed by atoms with E-state index < -0.39 is 0 Å². The van der Waals surface area contributed by atoms with Gasteiger partial charge in [-0.1, -0.05) is 70.0 Å². The fraction of sp³-hybridized carbons (Fsp3) is 0.0833. The molecule has 1 aromatic heterocycles. The molecule has 150 valence electrons. The van der Waals surface area contributed by atoms with Gasteiger partial charge in [-0.3, -0.25) is 4.79 Å². The van der Waals surface area contributed by atoms with Crippen molar-refractivity contribution in [1.82, 2.24) is 9.99 Å². The Morgan fingerprint density at radius 1 is 1.00 bits per heavy atom. The molecule has 1 heterocycles. The summed E-state index contributed by atoms with van der Waals surface area (Å²) in [5.41, 5.74) is 6.77. The first-order valence-electron chi connectivity index (χ1n) is 9.47. The molecule has 0 aliphatic heterocycles. The van der Waals surface area contributed by atoms with Crippen LogP contribution in [0.3, 0.4) is 0 Å². The van der Waals surface area contributed by atoms with Gasteiger partial charge in [-0.15, -0.1) is 0 Å². The van der Waals surface area contributed by atoms with Crippen LogP contribution in [-0.4, -0.2) is 16.7 Å². The number of aromatic nitrogens is 1. The smallest absolute Gasteiger partial charge is 0.244 e.